The van der Waals surface area contributed by atoms with Crippen LogP contribution in [0.2, 0.25) is 0 Å². The van der Waals surface area contributed by atoms with Gasteiger partial charge in [0.15, 0.2) is 0 Å². The summed E-state index contributed by atoms with van der Waals surface area (Å²) in [6.45, 7) is 0.519. The number of hydrogen-bond acceptors (Lipinski definition) is 3. The number of hydrogen-bond donors (Lipinski definition) is 3. The molecule has 102 valence electrons. The number of likely N-dealkylation sites (tertiary alicyclic amines) is 1. The molecule has 0 aromatic heterocycles. The van der Waals surface area contributed by atoms with Crippen molar-refractivity contribution >= 4 is 12.0 Å². The van der Waals surface area contributed by atoms with Gasteiger partial charge in [0.2, 0.25) is 0 Å². The number of nitrogens with one attached hydrogen (secondary N) is 1. The van der Waals surface area contributed by atoms with Crippen molar-refractivity contribution in [3.63, 3.8) is 0 Å². The van der Waals surface area contributed by atoms with Crippen LogP contribution in [0.15, 0.2) is 0 Å². The molecular formula is C12H21N3O3. The molecule has 2 amide bonds. The number of nitrogens with two attached hydrogens (primary N) is 1. The molecule has 2 aliphatic rings. The van der Waals surface area contributed by atoms with Gasteiger partial charge < -0.3 is 21.1 Å². The van der Waals surface area contributed by atoms with Crippen molar-refractivity contribution in [2.24, 2.45) is 5.73 Å². The van der Waals surface area contributed by atoms with Gasteiger partial charge in [-0.2, -0.15) is 0 Å². The molecule has 18 heavy (non-hydrogen) atoms. The second-order valence-electron chi connectivity index (χ2n) is 5.19. The van der Waals surface area contributed by atoms with Crippen molar-refractivity contribution in [1.29, 1.82) is 0 Å². The summed E-state index contributed by atoms with van der Waals surface area (Å²) in [4.78, 5) is 24.5. The average molecular weight is 255 g/mol. The first-order chi connectivity index (χ1) is 8.59. The van der Waals surface area contributed by atoms with Crippen LogP contribution < -0.4 is 11.1 Å². The zero-order valence-corrected chi connectivity index (χ0v) is 10.5. The van der Waals surface area contributed by atoms with Gasteiger partial charge in [0, 0.05) is 18.6 Å². The summed E-state index contributed by atoms with van der Waals surface area (Å²) in [5.41, 5.74) is 5.97. The number of nitrogens with zero attached hydrogens (tertiary/aromatic N) is 1. The summed E-state index contributed by atoms with van der Waals surface area (Å²) in [7, 11) is 0. The summed E-state index contributed by atoms with van der Waals surface area (Å²) in [6, 6.07) is -0.970. The Morgan fingerprint density at radius 3 is 2.56 bits per heavy atom. The number of urea groups is 1. The summed E-state index contributed by atoms with van der Waals surface area (Å²) in [5, 5.41) is 11.9. The smallest absolute Gasteiger partial charge is 0.326 e. The molecule has 3 atom stereocenters. The van der Waals surface area contributed by atoms with E-state index >= 15 is 0 Å². The van der Waals surface area contributed by atoms with Crippen LogP contribution in [0.1, 0.15) is 38.5 Å². The zero-order chi connectivity index (χ0) is 13.1. The highest BCUT2D eigenvalue weighted by molar-refractivity contribution is 5.83. The molecule has 4 N–H and O–H groups in total. The molecule has 2 unspecified atom stereocenters. The molecule has 0 spiro atoms. The summed E-state index contributed by atoms with van der Waals surface area (Å²) in [5.74, 6) is -0.921. The van der Waals surface area contributed by atoms with E-state index in [2.05, 4.69) is 5.32 Å². The van der Waals surface area contributed by atoms with Gasteiger partial charge in [0.05, 0.1) is 0 Å². The summed E-state index contributed by atoms with van der Waals surface area (Å²) >= 11 is 0. The quantitative estimate of drug-likeness (QED) is 0.670. The Kier molecular flexibility index (Phi) is 4.06. The van der Waals surface area contributed by atoms with Gasteiger partial charge >= 0.3 is 12.0 Å². The van der Waals surface area contributed by atoms with Gasteiger partial charge in [-0.3, -0.25) is 0 Å². The number of amides is 2. The third-order valence-electron chi connectivity index (χ3n) is 3.93. The lowest BCUT2D eigenvalue weighted by Gasteiger charge is -2.32. The lowest BCUT2D eigenvalue weighted by atomic mass is 9.91. The van der Waals surface area contributed by atoms with Crippen molar-refractivity contribution in [3.8, 4) is 0 Å². The van der Waals surface area contributed by atoms with E-state index in [0.29, 0.717) is 13.0 Å². The Hall–Kier alpha value is -1.30. The number of carbonyl (C=O) groups is 2. The third-order valence-corrected chi connectivity index (χ3v) is 3.93. The molecule has 0 aromatic carbocycles. The fourth-order valence-electron chi connectivity index (χ4n) is 2.85. The van der Waals surface area contributed by atoms with Crippen molar-refractivity contribution < 1.29 is 14.7 Å². The van der Waals surface area contributed by atoms with Crippen molar-refractivity contribution in [2.45, 2.75) is 56.7 Å². The van der Waals surface area contributed by atoms with Crippen LogP contribution in [0.3, 0.4) is 0 Å². The van der Waals surface area contributed by atoms with Crippen LogP contribution in [0.5, 0.6) is 0 Å². The predicted octanol–water partition coefficient (Wildman–Crippen LogP) is 0.515. The van der Waals surface area contributed by atoms with E-state index < -0.39 is 12.0 Å². The fourth-order valence-corrected chi connectivity index (χ4v) is 2.85. The monoisotopic (exact) mass is 255 g/mol. The van der Waals surface area contributed by atoms with Gasteiger partial charge in [-0.25, -0.2) is 9.59 Å². The van der Waals surface area contributed by atoms with Gasteiger partial charge in [0.1, 0.15) is 6.04 Å². The van der Waals surface area contributed by atoms with Gasteiger partial charge in [-0.05, 0) is 25.7 Å². The number of carboxylic acids is 1. The van der Waals surface area contributed by atoms with Crippen LogP contribution in [0.25, 0.3) is 0 Å². The molecule has 6 heteroatoms. The van der Waals surface area contributed by atoms with Gasteiger partial charge in [-0.15, -0.1) is 0 Å². The molecule has 1 heterocycles. The van der Waals surface area contributed by atoms with E-state index in [1.54, 1.807) is 0 Å². The van der Waals surface area contributed by atoms with E-state index in [4.69, 9.17) is 10.8 Å². The van der Waals surface area contributed by atoms with Crippen LogP contribution in [0.4, 0.5) is 4.79 Å². The van der Waals surface area contributed by atoms with E-state index in [9.17, 15) is 9.59 Å². The Morgan fingerprint density at radius 2 is 1.89 bits per heavy atom. The number of aliphatic carboxylic acids is 1. The van der Waals surface area contributed by atoms with Gasteiger partial charge in [0.25, 0.3) is 0 Å². The minimum Gasteiger partial charge on any atom is -0.480 e. The lowest BCUT2D eigenvalue weighted by molar-refractivity contribution is -0.141. The van der Waals surface area contributed by atoms with Crippen LogP contribution in [-0.2, 0) is 4.79 Å². The fraction of sp³-hybridized carbons (Fsp3) is 0.833. The zero-order valence-electron chi connectivity index (χ0n) is 10.5. The number of carbonyl (C=O) groups excluding carboxylic acids is 1. The Morgan fingerprint density at radius 1 is 1.17 bits per heavy atom. The normalized spacial score (nSPS) is 32.3. The molecule has 2 rings (SSSR count). The highest BCUT2D eigenvalue weighted by atomic mass is 16.4. The molecule has 0 aromatic rings. The van der Waals surface area contributed by atoms with Gasteiger partial charge in [-0.1, -0.05) is 12.8 Å². The second-order valence-corrected chi connectivity index (χ2v) is 5.19. The molecule has 1 aliphatic carbocycles. The standard InChI is InChI=1S/C12H21N3O3/c13-8-4-1-2-5-9(8)14-12(18)15-7-3-6-10(15)11(16)17/h8-10H,1-7,13H2,(H,14,18)(H,16,17)/t8?,9?,10-/m0/s1. The Balaban J connectivity index is 1.92. The third kappa shape index (κ3) is 2.75. The topological polar surface area (TPSA) is 95.7 Å². The average Bonchev–Trinajstić information content (AvgIpc) is 2.81. The highest BCUT2D eigenvalue weighted by Crippen LogP contribution is 2.20. The summed E-state index contributed by atoms with van der Waals surface area (Å²) < 4.78 is 0. The first-order valence-corrected chi connectivity index (χ1v) is 6.65. The molecule has 0 radical (unpaired) electrons. The first-order valence-electron chi connectivity index (χ1n) is 6.65. The largest absolute Gasteiger partial charge is 0.480 e. The molecule has 1 saturated carbocycles. The second kappa shape index (κ2) is 5.56. The maximum absolute atomic E-state index is 12.1. The van der Waals surface area contributed by atoms with E-state index in [0.717, 1.165) is 32.1 Å². The minimum absolute atomic E-state index is 0.00594. The SMILES string of the molecule is NC1CCCCC1NC(=O)N1CCC[C@H]1C(=O)O. The molecule has 6 nitrogen and oxygen atoms in total. The van der Waals surface area contributed by atoms with Crippen LogP contribution >= 0.6 is 0 Å². The molecular weight excluding hydrogens is 234 g/mol. The molecule has 2 fully saturated rings. The molecule has 1 saturated heterocycles. The number of carboxylic acid groups (broad SMARTS) is 1. The highest BCUT2D eigenvalue weighted by Gasteiger charge is 2.35. The Bertz CT molecular complexity index is 335. The van der Waals surface area contributed by atoms with E-state index in [-0.39, 0.29) is 18.1 Å². The van der Waals surface area contributed by atoms with Crippen LogP contribution in [0, 0.1) is 0 Å². The van der Waals surface area contributed by atoms with E-state index in [1.807, 2.05) is 0 Å². The molecule has 0 bridgehead atoms. The van der Waals surface area contributed by atoms with Crippen molar-refractivity contribution in [3.05, 3.63) is 0 Å². The Labute approximate surface area is 107 Å². The van der Waals surface area contributed by atoms with Crippen molar-refractivity contribution in [2.75, 3.05) is 6.54 Å². The predicted molar refractivity (Wildman–Crippen MR) is 66.1 cm³/mol. The maximum Gasteiger partial charge on any atom is 0.326 e. The minimum atomic E-state index is -0.921. The number of rotatable bonds is 2. The van der Waals surface area contributed by atoms with E-state index in [1.165, 1.54) is 4.90 Å². The first kappa shape index (κ1) is 13.1. The maximum atomic E-state index is 12.1. The van der Waals surface area contributed by atoms with Crippen LogP contribution in [-0.4, -0.2) is 46.7 Å². The van der Waals surface area contributed by atoms with Crippen molar-refractivity contribution in [1.82, 2.24) is 10.2 Å². The molecule has 1 aliphatic heterocycles. The lowest BCUT2D eigenvalue weighted by Crippen LogP contribution is -2.54. The summed E-state index contributed by atoms with van der Waals surface area (Å²) in [6.07, 6.45) is 5.28.